The van der Waals surface area contributed by atoms with E-state index in [1.165, 1.54) is 12.1 Å². The Morgan fingerprint density at radius 3 is 2.48 bits per heavy atom. The number of pyridine rings is 1. The summed E-state index contributed by atoms with van der Waals surface area (Å²) in [5.74, 6) is -0.643. The average Bonchev–Trinajstić information content (AvgIpc) is 2.97. The number of para-hydroxylation sites is 1. The van der Waals surface area contributed by atoms with Gasteiger partial charge in [-0.2, -0.15) is 0 Å². The quantitative estimate of drug-likeness (QED) is 0.341. The molecule has 1 aromatic heterocycles. The van der Waals surface area contributed by atoms with Crippen molar-refractivity contribution < 1.29 is 18.7 Å². The molecule has 1 amide bonds. The molecule has 0 aliphatic carbocycles. The number of rotatable bonds is 4. The average molecular weight is 538 g/mol. The van der Waals surface area contributed by atoms with Gasteiger partial charge < -0.3 is 14.4 Å². The molecule has 2 aliphatic heterocycles. The van der Waals surface area contributed by atoms with Crippen molar-refractivity contribution in [2.75, 3.05) is 24.8 Å². The summed E-state index contributed by atoms with van der Waals surface area (Å²) >= 11 is 0. The lowest BCUT2D eigenvalue weighted by Crippen LogP contribution is -2.55. The van der Waals surface area contributed by atoms with Gasteiger partial charge in [0.15, 0.2) is 23.0 Å². The molecular weight excluding hydrogens is 509 g/mol. The van der Waals surface area contributed by atoms with E-state index in [9.17, 15) is 9.59 Å². The Bertz CT molecular complexity index is 1600. The summed E-state index contributed by atoms with van der Waals surface area (Å²) < 4.78 is 28.9. The molecule has 8 heteroatoms. The van der Waals surface area contributed by atoms with Gasteiger partial charge in [-0.3, -0.25) is 19.3 Å². The van der Waals surface area contributed by atoms with Crippen LogP contribution in [0.15, 0.2) is 108 Å². The molecule has 0 spiro atoms. The van der Waals surface area contributed by atoms with E-state index < -0.39 is 11.9 Å². The molecule has 1 atom stereocenters. The number of halogens is 1. The van der Waals surface area contributed by atoms with Crippen LogP contribution in [-0.4, -0.2) is 35.3 Å². The predicted octanol–water partition coefficient (Wildman–Crippen LogP) is 5.05. The van der Waals surface area contributed by atoms with Gasteiger partial charge in [0.05, 0.1) is 0 Å². The Labute approximate surface area is 231 Å². The lowest BCUT2D eigenvalue weighted by molar-refractivity contribution is 0.0679. The minimum atomic E-state index is -0.547. The molecule has 7 nitrogen and oxygen atoms in total. The van der Waals surface area contributed by atoms with Crippen LogP contribution in [0.5, 0.6) is 11.5 Å². The maximum absolute atomic E-state index is 15.2. The van der Waals surface area contributed by atoms with Gasteiger partial charge in [-0.1, -0.05) is 84.9 Å². The van der Waals surface area contributed by atoms with Crippen molar-refractivity contribution in [3.8, 4) is 11.5 Å². The monoisotopic (exact) mass is 537 g/mol. The first-order valence-corrected chi connectivity index (χ1v) is 13.2. The largest absolute Gasteiger partial charge is 0.486 e. The molecule has 4 aromatic rings. The lowest BCUT2D eigenvalue weighted by atomic mass is 9.96. The van der Waals surface area contributed by atoms with Crippen molar-refractivity contribution >= 4 is 5.91 Å². The number of hydrogen-bond donors (Lipinski definition) is 0. The highest BCUT2D eigenvalue weighted by Gasteiger charge is 2.38. The fourth-order valence-electron chi connectivity index (χ4n) is 5.21. The van der Waals surface area contributed by atoms with E-state index in [1.807, 2.05) is 83.9 Å². The number of carbonyl (C=O) groups is 1. The van der Waals surface area contributed by atoms with Gasteiger partial charge in [-0.25, -0.2) is 4.39 Å². The highest BCUT2D eigenvalue weighted by Crippen LogP contribution is 2.38. The van der Waals surface area contributed by atoms with Crippen LogP contribution in [0, 0.1) is 5.82 Å². The molecule has 40 heavy (non-hydrogen) atoms. The summed E-state index contributed by atoms with van der Waals surface area (Å²) in [6.07, 6.45) is 5.90. The molecule has 0 saturated heterocycles. The first-order chi connectivity index (χ1) is 19.6. The number of fused-ring (bicyclic) bond motifs is 5. The summed E-state index contributed by atoms with van der Waals surface area (Å²) in [4.78, 5) is 28.8. The van der Waals surface area contributed by atoms with Crippen LogP contribution < -0.4 is 19.9 Å². The summed E-state index contributed by atoms with van der Waals surface area (Å²) in [5.41, 5.74) is 2.10. The second-order valence-corrected chi connectivity index (χ2v) is 9.67. The third-order valence-corrected chi connectivity index (χ3v) is 7.10. The normalized spacial score (nSPS) is 16.7. The topological polar surface area (TPSA) is 64.0 Å². The molecule has 2 bridgehead atoms. The molecule has 0 fully saturated rings. The molecule has 0 N–H and O–H groups in total. The Morgan fingerprint density at radius 1 is 0.900 bits per heavy atom. The number of aromatic nitrogens is 1. The van der Waals surface area contributed by atoms with E-state index in [2.05, 4.69) is 0 Å². The molecule has 1 unspecified atom stereocenters. The third kappa shape index (κ3) is 4.84. The number of nitrogens with zero attached hydrogens (tertiary/aromatic N) is 3. The van der Waals surface area contributed by atoms with Crippen molar-refractivity contribution in [1.82, 2.24) is 9.58 Å². The van der Waals surface area contributed by atoms with Gasteiger partial charge in [0.25, 0.3) is 5.91 Å². The molecule has 202 valence electrons. The number of hydrogen-bond acceptors (Lipinski definition) is 5. The Balaban J connectivity index is 1.55. The smallest absolute Gasteiger partial charge is 0.277 e. The number of benzene rings is 3. The summed E-state index contributed by atoms with van der Waals surface area (Å²) in [6, 6.07) is 24.9. The van der Waals surface area contributed by atoms with Gasteiger partial charge in [-0.05, 0) is 23.6 Å². The molecule has 3 heterocycles. The van der Waals surface area contributed by atoms with Crippen molar-refractivity contribution in [1.29, 1.82) is 0 Å². The molecule has 3 aromatic carbocycles. The van der Waals surface area contributed by atoms with Gasteiger partial charge in [0, 0.05) is 24.4 Å². The first-order valence-electron chi connectivity index (χ1n) is 13.2. The van der Waals surface area contributed by atoms with E-state index in [0.29, 0.717) is 18.5 Å². The van der Waals surface area contributed by atoms with E-state index in [-0.39, 0.29) is 48.4 Å². The zero-order chi connectivity index (χ0) is 27.5. The molecular formula is C32H28FN3O4. The zero-order valence-electron chi connectivity index (χ0n) is 21.8. The fraction of sp³-hybridized carbons (Fsp3) is 0.188. The summed E-state index contributed by atoms with van der Waals surface area (Å²) in [7, 11) is 0. The van der Waals surface area contributed by atoms with Crippen molar-refractivity contribution in [2.45, 2.75) is 19.1 Å². The standard InChI is InChI=1S/C32H28FN3O4/c33-26-16-10-15-25-28(24-13-6-2-7-14-24)36-22-34(18-8-3-9-20-39-30(25)26)32(38)29-31(27(37)17-19-35(29)36)40-21-23-11-4-1-5-12-23/h1-7,9-17,19,28H,8,18,20-22H2. The molecule has 2 aliphatic rings. The SMILES string of the molecule is O=C1c2c(OCc3ccccc3)c(=O)ccn2N2CN1CCC=CCOc1c(F)cccc1C2c1ccccc1. The Kier molecular flexibility index (Phi) is 7.06. The van der Waals surface area contributed by atoms with Crippen LogP contribution in [0.1, 0.15) is 39.6 Å². The minimum Gasteiger partial charge on any atom is -0.486 e. The Morgan fingerprint density at radius 2 is 1.68 bits per heavy atom. The van der Waals surface area contributed by atoms with Gasteiger partial charge in [0.1, 0.15) is 25.9 Å². The highest BCUT2D eigenvalue weighted by molar-refractivity contribution is 5.96. The maximum atomic E-state index is 15.2. The third-order valence-electron chi connectivity index (χ3n) is 7.10. The Hall–Kier alpha value is -4.85. The molecule has 6 rings (SSSR count). The summed E-state index contributed by atoms with van der Waals surface area (Å²) in [6.45, 7) is 0.956. The lowest BCUT2D eigenvalue weighted by Gasteiger charge is -2.44. The van der Waals surface area contributed by atoms with E-state index in [1.54, 1.807) is 21.8 Å². The predicted molar refractivity (Wildman–Crippen MR) is 150 cm³/mol. The van der Waals surface area contributed by atoms with Crippen LogP contribution in [0.25, 0.3) is 0 Å². The van der Waals surface area contributed by atoms with Crippen molar-refractivity contribution in [2.24, 2.45) is 0 Å². The maximum Gasteiger partial charge on any atom is 0.277 e. The van der Waals surface area contributed by atoms with E-state index >= 15 is 4.39 Å². The van der Waals surface area contributed by atoms with Crippen molar-refractivity contribution in [3.63, 3.8) is 0 Å². The first kappa shape index (κ1) is 25.4. The van der Waals surface area contributed by atoms with E-state index in [4.69, 9.17) is 9.47 Å². The van der Waals surface area contributed by atoms with Crippen LogP contribution in [-0.2, 0) is 6.61 Å². The number of ether oxygens (including phenoxy) is 2. The zero-order valence-corrected chi connectivity index (χ0v) is 21.8. The molecule has 0 saturated carbocycles. The van der Waals surface area contributed by atoms with Crippen LogP contribution in [0.3, 0.4) is 0 Å². The van der Waals surface area contributed by atoms with Crippen LogP contribution in [0.4, 0.5) is 4.39 Å². The fourth-order valence-corrected chi connectivity index (χ4v) is 5.21. The van der Waals surface area contributed by atoms with Gasteiger partial charge in [-0.15, -0.1) is 0 Å². The highest BCUT2D eigenvalue weighted by atomic mass is 19.1. The van der Waals surface area contributed by atoms with Crippen LogP contribution in [0.2, 0.25) is 0 Å². The van der Waals surface area contributed by atoms with Crippen LogP contribution >= 0.6 is 0 Å². The van der Waals surface area contributed by atoms with Crippen molar-refractivity contribution in [3.05, 3.63) is 142 Å². The summed E-state index contributed by atoms with van der Waals surface area (Å²) in [5, 5.41) is 1.95. The van der Waals surface area contributed by atoms with E-state index in [0.717, 1.165) is 11.1 Å². The second-order valence-electron chi connectivity index (χ2n) is 9.67. The number of carbonyl (C=O) groups excluding carboxylic acids is 1. The number of amides is 1. The van der Waals surface area contributed by atoms with Gasteiger partial charge >= 0.3 is 0 Å². The second kappa shape index (κ2) is 11.1. The molecule has 0 radical (unpaired) electrons. The van der Waals surface area contributed by atoms with Gasteiger partial charge in [0.2, 0.25) is 5.43 Å². The minimum absolute atomic E-state index is 0.0174.